The van der Waals surface area contributed by atoms with Crippen molar-refractivity contribution < 1.29 is 4.79 Å². The monoisotopic (exact) mass is 371 g/mol. The minimum absolute atomic E-state index is 0.0442. The molecule has 0 aliphatic heterocycles. The number of halogens is 1. The Morgan fingerprint density at radius 1 is 1.20 bits per heavy atom. The first-order valence-electron chi connectivity index (χ1n) is 8.06. The van der Waals surface area contributed by atoms with Crippen LogP contribution >= 0.6 is 22.9 Å². The van der Waals surface area contributed by atoms with Crippen LogP contribution in [0.3, 0.4) is 0 Å². The van der Waals surface area contributed by atoms with Gasteiger partial charge in [-0.15, -0.1) is 11.3 Å². The molecule has 0 aliphatic carbocycles. The lowest BCUT2D eigenvalue weighted by Gasteiger charge is -2.04. The van der Waals surface area contributed by atoms with Gasteiger partial charge in [0, 0.05) is 47.7 Å². The Hall–Kier alpha value is -2.24. The molecular weight excluding hydrogens is 354 g/mol. The zero-order valence-corrected chi connectivity index (χ0v) is 15.2. The molecule has 3 rings (SSSR count). The summed E-state index contributed by atoms with van der Waals surface area (Å²) in [5, 5.41) is 6.63. The van der Waals surface area contributed by atoms with Gasteiger partial charge in [0.1, 0.15) is 5.01 Å². The van der Waals surface area contributed by atoms with Crippen molar-refractivity contribution in [2.45, 2.75) is 19.3 Å². The Morgan fingerprint density at radius 2 is 2.12 bits per heavy atom. The van der Waals surface area contributed by atoms with Crippen LogP contribution in [-0.4, -0.2) is 22.4 Å². The van der Waals surface area contributed by atoms with Gasteiger partial charge >= 0.3 is 0 Å². The van der Waals surface area contributed by atoms with E-state index in [0.717, 1.165) is 28.2 Å². The number of rotatable bonds is 7. The molecular formula is C19H18ClN3OS. The fourth-order valence-electron chi connectivity index (χ4n) is 2.41. The van der Waals surface area contributed by atoms with Gasteiger partial charge in [0.2, 0.25) is 5.91 Å². The normalized spacial score (nSPS) is 10.6. The van der Waals surface area contributed by atoms with Crippen LogP contribution in [0.2, 0.25) is 5.02 Å². The summed E-state index contributed by atoms with van der Waals surface area (Å²) in [4.78, 5) is 20.6. The molecule has 0 radical (unpaired) electrons. The van der Waals surface area contributed by atoms with Crippen molar-refractivity contribution in [1.29, 1.82) is 0 Å². The summed E-state index contributed by atoms with van der Waals surface area (Å²) in [6.07, 6.45) is 5.42. The molecule has 4 nitrogen and oxygen atoms in total. The standard InChI is InChI=1S/C19H18ClN3OS/c20-16-5-1-3-14(11-16)6-7-18(24)22-10-8-17-13-25-19(23-17)15-4-2-9-21-12-15/h1-5,9,11-13H,6-8,10H2,(H,22,24). The average molecular weight is 372 g/mol. The van der Waals surface area contributed by atoms with E-state index < -0.39 is 0 Å². The summed E-state index contributed by atoms with van der Waals surface area (Å²) in [5.74, 6) is 0.0442. The molecule has 0 unspecified atom stereocenters. The number of pyridine rings is 1. The zero-order valence-electron chi connectivity index (χ0n) is 13.6. The molecule has 1 amide bonds. The highest BCUT2D eigenvalue weighted by atomic mass is 35.5. The molecule has 0 fully saturated rings. The van der Waals surface area contributed by atoms with E-state index in [4.69, 9.17) is 11.6 Å². The predicted molar refractivity (Wildman–Crippen MR) is 102 cm³/mol. The summed E-state index contributed by atoms with van der Waals surface area (Å²) in [6, 6.07) is 11.5. The minimum Gasteiger partial charge on any atom is -0.356 e. The van der Waals surface area contributed by atoms with E-state index in [9.17, 15) is 4.79 Å². The third-order valence-corrected chi connectivity index (χ3v) is 4.87. The highest BCUT2D eigenvalue weighted by Gasteiger charge is 2.06. The van der Waals surface area contributed by atoms with Crippen molar-refractivity contribution in [3.8, 4) is 10.6 Å². The Labute approximate surface area is 155 Å². The van der Waals surface area contributed by atoms with E-state index in [2.05, 4.69) is 15.3 Å². The molecule has 2 aromatic heterocycles. The number of amides is 1. The molecule has 2 heterocycles. The zero-order chi connectivity index (χ0) is 17.5. The van der Waals surface area contributed by atoms with Crippen LogP contribution < -0.4 is 5.32 Å². The lowest BCUT2D eigenvalue weighted by Crippen LogP contribution is -2.25. The Balaban J connectivity index is 1.42. The topological polar surface area (TPSA) is 54.9 Å². The number of aryl methyl sites for hydroxylation is 1. The van der Waals surface area contributed by atoms with Crippen LogP contribution in [-0.2, 0) is 17.6 Å². The molecule has 1 N–H and O–H groups in total. The van der Waals surface area contributed by atoms with E-state index in [1.807, 2.05) is 41.8 Å². The van der Waals surface area contributed by atoms with Crippen molar-refractivity contribution in [3.05, 3.63) is 70.5 Å². The minimum atomic E-state index is 0.0442. The lowest BCUT2D eigenvalue weighted by atomic mass is 10.1. The quantitative estimate of drug-likeness (QED) is 0.678. The van der Waals surface area contributed by atoms with Crippen molar-refractivity contribution in [2.24, 2.45) is 0 Å². The molecule has 25 heavy (non-hydrogen) atoms. The van der Waals surface area contributed by atoms with Gasteiger partial charge in [-0.05, 0) is 36.2 Å². The number of carbonyl (C=O) groups excluding carboxylic acids is 1. The first-order chi connectivity index (χ1) is 12.2. The van der Waals surface area contributed by atoms with E-state index in [1.165, 1.54) is 0 Å². The second-order valence-corrected chi connectivity index (χ2v) is 6.91. The van der Waals surface area contributed by atoms with Gasteiger partial charge in [-0.2, -0.15) is 0 Å². The summed E-state index contributed by atoms with van der Waals surface area (Å²) >= 11 is 7.54. The highest BCUT2D eigenvalue weighted by molar-refractivity contribution is 7.13. The number of benzene rings is 1. The van der Waals surface area contributed by atoms with Crippen molar-refractivity contribution in [2.75, 3.05) is 6.54 Å². The maximum atomic E-state index is 11.9. The molecule has 0 bridgehead atoms. The van der Waals surface area contributed by atoms with E-state index in [0.29, 0.717) is 24.4 Å². The molecule has 0 saturated heterocycles. The second kappa shape index (κ2) is 8.74. The number of nitrogens with one attached hydrogen (secondary N) is 1. The molecule has 6 heteroatoms. The summed E-state index contributed by atoms with van der Waals surface area (Å²) < 4.78 is 0. The van der Waals surface area contributed by atoms with Crippen molar-refractivity contribution >= 4 is 28.8 Å². The van der Waals surface area contributed by atoms with E-state index in [1.54, 1.807) is 23.7 Å². The number of carbonyl (C=O) groups is 1. The van der Waals surface area contributed by atoms with Crippen LogP contribution in [0.15, 0.2) is 54.2 Å². The molecule has 0 atom stereocenters. The van der Waals surface area contributed by atoms with Crippen LogP contribution in [0.25, 0.3) is 10.6 Å². The summed E-state index contributed by atoms with van der Waals surface area (Å²) in [6.45, 7) is 0.588. The number of aromatic nitrogens is 2. The average Bonchev–Trinajstić information content (AvgIpc) is 3.10. The van der Waals surface area contributed by atoms with Gasteiger partial charge in [-0.25, -0.2) is 4.98 Å². The van der Waals surface area contributed by atoms with Crippen LogP contribution in [0.4, 0.5) is 0 Å². The fraction of sp³-hybridized carbons (Fsp3) is 0.211. The maximum Gasteiger partial charge on any atom is 0.220 e. The fourth-order valence-corrected chi connectivity index (χ4v) is 3.47. The molecule has 3 aromatic rings. The smallest absolute Gasteiger partial charge is 0.220 e. The number of thiazole rings is 1. The largest absolute Gasteiger partial charge is 0.356 e. The van der Waals surface area contributed by atoms with Gasteiger partial charge in [-0.1, -0.05) is 23.7 Å². The predicted octanol–water partition coefficient (Wildman–Crippen LogP) is 4.15. The highest BCUT2D eigenvalue weighted by Crippen LogP contribution is 2.22. The first kappa shape index (κ1) is 17.6. The first-order valence-corrected chi connectivity index (χ1v) is 9.32. The molecule has 1 aromatic carbocycles. The second-order valence-electron chi connectivity index (χ2n) is 5.62. The van der Waals surface area contributed by atoms with E-state index >= 15 is 0 Å². The molecule has 0 aliphatic rings. The SMILES string of the molecule is O=C(CCc1cccc(Cl)c1)NCCc1csc(-c2cccnc2)n1. The summed E-state index contributed by atoms with van der Waals surface area (Å²) in [7, 11) is 0. The summed E-state index contributed by atoms with van der Waals surface area (Å²) in [5.41, 5.74) is 3.08. The van der Waals surface area contributed by atoms with Gasteiger partial charge in [0.05, 0.1) is 5.69 Å². The number of nitrogens with zero attached hydrogens (tertiary/aromatic N) is 2. The molecule has 0 spiro atoms. The lowest BCUT2D eigenvalue weighted by molar-refractivity contribution is -0.121. The number of hydrogen-bond donors (Lipinski definition) is 1. The van der Waals surface area contributed by atoms with Crippen molar-refractivity contribution in [3.63, 3.8) is 0 Å². The molecule has 128 valence electrons. The van der Waals surface area contributed by atoms with E-state index in [-0.39, 0.29) is 5.91 Å². The van der Waals surface area contributed by atoms with Gasteiger partial charge in [0.15, 0.2) is 0 Å². The third kappa shape index (κ3) is 5.37. The Morgan fingerprint density at radius 3 is 2.92 bits per heavy atom. The van der Waals surface area contributed by atoms with Crippen molar-refractivity contribution in [1.82, 2.24) is 15.3 Å². The van der Waals surface area contributed by atoms with Crippen LogP contribution in [0, 0.1) is 0 Å². The third-order valence-electron chi connectivity index (χ3n) is 3.69. The Kier molecular flexibility index (Phi) is 6.14. The van der Waals surface area contributed by atoms with Crippen LogP contribution in [0.5, 0.6) is 0 Å². The van der Waals surface area contributed by atoms with Gasteiger partial charge in [0.25, 0.3) is 0 Å². The number of hydrogen-bond acceptors (Lipinski definition) is 4. The van der Waals surface area contributed by atoms with Gasteiger partial charge in [-0.3, -0.25) is 9.78 Å². The van der Waals surface area contributed by atoms with Gasteiger partial charge < -0.3 is 5.32 Å². The van der Waals surface area contributed by atoms with Crippen LogP contribution in [0.1, 0.15) is 17.7 Å². The Bertz CT molecular complexity index is 835. The molecule has 0 saturated carbocycles. The maximum absolute atomic E-state index is 11.9.